The molecule has 1 saturated heterocycles. The number of hydrogen-bond acceptors (Lipinski definition) is 4. The molecule has 1 aromatic carbocycles. The third kappa shape index (κ3) is 4.02. The first-order chi connectivity index (χ1) is 15.8. The highest BCUT2D eigenvalue weighted by Gasteiger charge is 2.52. The molecular weight excluding hydrogens is 437 g/mol. The molecule has 1 aliphatic rings. The summed E-state index contributed by atoms with van der Waals surface area (Å²) in [6.45, 7) is 12.1. The molecule has 8 heteroatoms. The van der Waals surface area contributed by atoms with E-state index in [2.05, 4.69) is 4.98 Å². The number of furan rings is 1. The number of aromatic nitrogens is 1. The number of halogens is 1. The van der Waals surface area contributed by atoms with E-state index in [0.717, 1.165) is 11.1 Å². The van der Waals surface area contributed by atoms with Crippen LogP contribution in [0.4, 0.5) is 9.18 Å². The van der Waals surface area contributed by atoms with Gasteiger partial charge in [0.25, 0.3) is 5.91 Å². The first-order valence-electron chi connectivity index (χ1n) is 11.3. The van der Waals surface area contributed by atoms with Crippen LogP contribution in [-0.2, 0) is 0 Å². The van der Waals surface area contributed by atoms with Crippen molar-refractivity contribution in [3.63, 3.8) is 0 Å². The smallest absolute Gasteiger partial charge is 0.407 e. The van der Waals surface area contributed by atoms with Gasteiger partial charge in [-0.15, -0.1) is 0 Å². The third-order valence-electron chi connectivity index (χ3n) is 6.57. The fraction of sp³-hybridized carbons (Fsp3) is 0.423. The van der Waals surface area contributed by atoms with Crippen LogP contribution < -0.4 is 0 Å². The number of carbonyl (C=O) groups is 2. The van der Waals surface area contributed by atoms with E-state index in [1.165, 1.54) is 17.0 Å². The van der Waals surface area contributed by atoms with Gasteiger partial charge in [-0.3, -0.25) is 4.79 Å². The number of carboxylic acid groups (broad SMARTS) is 1. The van der Waals surface area contributed by atoms with Crippen molar-refractivity contribution in [1.29, 1.82) is 0 Å². The van der Waals surface area contributed by atoms with Crippen LogP contribution in [-0.4, -0.2) is 56.6 Å². The molecule has 0 bridgehead atoms. The number of pyridine rings is 1. The molecule has 0 spiro atoms. The predicted molar refractivity (Wildman–Crippen MR) is 127 cm³/mol. The van der Waals surface area contributed by atoms with Gasteiger partial charge >= 0.3 is 6.09 Å². The topological polar surface area (TPSA) is 86.9 Å². The average Bonchev–Trinajstić information content (AvgIpc) is 3.17. The summed E-state index contributed by atoms with van der Waals surface area (Å²) in [6.07, 6.45) is -0.989. The third-order valence-corrected chi connectivity index (χ3v) is 6.57. The van der Waals surface area contributed by atoms with E-state index in [0.29, 0.717) is 16.8 Å². The molecule has 180 valence electrons. The number of nitrogens with zero attached hydrogens (tertiary/aromatic N) is 3. The molecule has 3 aromatic rings. The van der Waals surface area contributed by atoms with Crippen molar-refractivity contribution in [3.05, 3.63) is 53.5 Å². The summed E-state index contributed by atoms with van der Waals surface area (Å²) in [6, 6.07) is 9.14. The second-order valence-corrected chi connectivity index (χ2v) is 10.5. The van der Waals surface area contributed by atoms with Gasteiger partial charge in [-0.05, 0) is 62.1 Å². The molecule has 1 atom stereocenters. The maximum Gasteiger partial charge on any atom is 0.407 e. The Bertz CT molecular complexity index is 1260. The first-order valence-corrected chi connectivity index (χ1v) is 11.3. The van der Waals surface area contributed by atoms with Crippen LogP contribution in [0.2, 0.25) is 0 Å². The second-order valence-electron chi connectivity index (χ2n) is 10.5. The minimum Gasteiger partial charge on any atom is -0.465 e. The Labute approximate surface area is 198 Å². The lowest BCUT2D eigenvalue weighted by Gasteiger charge is -2.56. The van der Waals surface area contributed by atoms with Crippen LogP contribution in [0.15, 0.2) is 40.8 Å². The lowest BCUT2D eigenvalue weighted by atomic mass is 9.72. The first kappa shape index (κ1) is 23.7. The number of amides is 2. The normalized spacial score (nSPS) is 18.4. The minimum atomic E-state index is -0.989. The second kappa shape index (κ2) is 8.11. The molecule has 0 aliphatic carbocycles. The van der Waals surface area contributed by atoms with Crippen molar-refractivity contribution < 1.29 is 23.5 Å². The predicted octanol–water partition coefficient (Wildman–Crippen LogP) is 5.57. The van der Waals surface area contributed by atoms with E-state index in [1.54, 1.807) is 23.1 Å². The fourth-order valence-electron chi connectivity index (χ4n) is 5.44. The van der Waals surface area contributed by atoms with Gasteiger partial charge in [-0.1, -0.05) is 20.8 Å². The van der Waals surface area contributed by atoms with Gasteiger partial charge in [0.1, 0.15) is 11.3 Å². The molecule has 1 aliphatic heterocycles. The van der Waals surface area contributed by atoms with Gasteiger partial charge in [-0.25, -0.2) is 14.2 Å². The molecule has 7 nitrogen and oxygen atoms in total. The largest absolute Gasteiger partial charge is 0.465 e. The lowest BCUT2D eigenvalue weighted by molar-refractivity contribution is -0.0528. The van der Waals surface area contributed by atoms with Crippen LogP contribution in [0, 0.1) is 18.2 Å². The Morgan fingerprint density at radius 3 is 2.38 bits per heavy atom. The highest BCUT2D eigenvalue weighted by atomic mass is 19.1. The van der Waals surface area contributed by atoms with Crippen molar-refractivity contribution in [2.75, 3.05) is 13.1 Å². The summed E-state index contributed by atoms with van der Waals surface area (Å²) < 4.78 is 19.3. The van der Waals surface area contributed by atoms with E-state index in [9.17, 15) is 19.1 Å². The number of carbonyl (C=O) groups excluding carboxylic acids is 1. The standard InChI is InChI=1S/C26H30FN3O4/c1-15-13-18(16-7-9-17(27)10-8-16)28-19-14-20(34-21(15)19)22(31)30-12-11-29(24(32)33)23(25(2,3)4)26(30,5)6/h7-10,13-14,23H,11-12H2,1-6H3,(H,32,33). The molecule has 0 radical (unpaired) electrons. The lowest BCUT2D eigenvalue weighted by Crippen LogP contribution is -2.71. The summed E-state index contributed by atoms with van der Waals surface area (Å²) >= 11 is 0. The van der Waals surface area contributed by atoms with Crippen LogP contribution in [0.25, 0.3) is 22.4 Å². The molecule has 1 fully saturated rings. The minimum absolute atomic E-state index is 0.159. The van der Waals surface area contributed by atoms with Crippen LogP contribution >= 0.6 is 0 Å². The van der Waals surface area contributed by atoms with Crippen molar-refractivity contribution in [1.82, 2.24) is 14.8 Å². The van der Waals surface area contributed by atoms with Crippen molar-refractivity contribution in [2.45, 2.75) is 53.1 Å². The SMILES string of the molecule is Cc1cc(-c2ccc(F)cc2)nc2cc(C(=O)N3CCN(C(=O)O)C(C(C)(C)C)C3(C)C)oc12. The van der Waals surface area contributed by atoms with Crippen molar-refractivity contribution in [2.24, 2.45) is 5.41 Å². The van der Waals surface area contributed by atoms with E-state index in [-0.39, 0.29) is 30.6 Å². The van der Waals surface area contributed by atoms with E-state index in [4.69, 9.17) is 4.42 Å². The molecule has 1 N–H and O–H groups in total. The van der Waals surface area contributed by atoms with Crippen LogP contribution in [0.3, 0.4) is 0 Å². The Kier molecular flexibility index (Phi) is 5.66. The highest BCUT2D eigenvalue weighted by Crippen LogP contribution is 2.40. The molecule has 34 heavy (non-hydrogen) atoms. The molecule has 2 amide bonds. The summed E-state index contributed by atoms with van der Waals surface area (Å²) in [5.74, 6) is -0.465. The number of aryl methyl sites for hydroxylation is 1. The zero-order valence-electron chi connectivity index (χ0n) is 20.3. The Morgan fingerprint density at radius 2 is 1.79 bits per heavy atom. The molecule has 0 saturated carbocycles. The maximum atomic E-state index is 13.6. The quantitative estimate of drug-likeness (QED) is 0.532. The average molecular weight is 468 g/mol. The van der Waals surface area contributed by atoms with Crippen LogP contribution in [0.1, 0.15) is 50.7 Å². The summed E-state index contributed by atoms with van der Waals surface area (Å²) in [5.41, 5.74) is 2.13. The monoisotopic (exact) mass is 467 g/mol. The van der Waals surface area contributed by atoms with Gasteiger partial charge in [-0.2, -0.15) is 0 Å². The Morgan fingerprint density at radius 1 is 1.15 bits per heavy atom. The number of benzene rings is 1. The van der Waals surface area contributed by atoms with Gasteiger partial charge in [0.05, 0.1) is 17.3 Å². The number of hydrogen-bond donors (Lipinski definition) is 1. The van der Waals surface area contributed by atoms with Gasteiger partial charge < -0.3 is 19.3 Å². The number of rotatable bonds is 2. The maximum absolute atomic E-state index is 13.6. The van der Waals surface area contributed by atoms with Crippen molar-refractivity contribution in [3.8, 4) is 11.3 Å². The van der Waals surface area contributed by atoms with E-state index < -0.39 is 23.1 Å². The summed E-state index contributed by atoms with van der Waals surface area (Å²) in [7, 11) is 0. The number of fused-ring (bicyclic) bond motifs is 1. The van der Waals surface area contributed by atoms with Gasteiger partial charge in [0.15, 0.2) is 11.3 Å². The van der Waals surface area contributed by atoms with Crippen LogP contribution in [0.5, 0.6) is 0 Å². The molecule has 2 aromatic heterocycles. The summed E-state index contributed by atoms with van der Waals surface area (Å²) in [4.78, 5) is 33.4. The number of piperazine rings is 1. The van der Waals surface area contributed by atoms with Gasteiger partial charge in [0, 0.05) is 24.7 Å². The Balaban J connectivity index is 1.71. The summed E-state index contributed by atoms with van der Waals surface area (Å²) in [5, 5.41) is 9.78. The fourth-order valence-corrected chi connectivity index (χ4v) is 5.44. The molecule has 1 unspecified atom stereocenters. The molecular formula is C26H30FN3O4. The van der Waals surface area contributed by atoms with E-state index in [1.807, 2.05) is 47.6 Å². The zero-order valence-corrected chi connectivity index (χ0v) is 20.3. The highest BCUT2D eigenvalue weighted by molar-refractivity contribution is 5.96. The molecule has 4 rings (SSSR count). The molecule has 3 heterocycles. The zero-order chi connectivity index (χ0) is 25.0. The van der Waals surface area contributed by atoms with E-state index >= 15 is 0 Å². The van der Waals surface area contributed by atoms with Gasteiger partial charge in [0.2, 0.25) is 0 Å². The van der Waals surface area contributed by atoms with Crippen molar-refractivity contribution >= 4 is 23.1 Å². The Hall–Kier alpha value is -3.42.